The molecule has 0 saturated carbocycles. The molecule has 0 bridgehead atoms. The minimum Gasteiger partial charge on any atom is -0.497 e. The van der Waals surface area contributed by atoms with Gasteiger partial charge in [-0.25, -0.2) is 4.98 Å². The zero-order chi connectivity index (χ0) is 15.4. The third kappa shape index (κ3) is 3.06. The number of fused-ring (bicyclic) bond motifs is 1. The molecule has 3 aromatic rings. The van der Waals surface area contributed by atoms with E-state index in [2.05, 4.69) is 22.4 Å². The van der Waals surface area contributed by atoms with Crippen molar-refractivity contribution < 1.29 is 4.74 Å². The van der Waals surface area contributed by atoms with E-state index in [4.69, 9.17) is 4.74 Å². The lowest BCUT2D eigenvalue weighted by molar-refractivity contribution is 0.415. The third-order valence-corrected chi connectivity index (χ3v) is 3.42. The molecular weight excluding hydrogens is 274 g/mol. The average Bonchev–Trinajstić information content (AvgIpc) is 2.55. The fraction of sp³-hybridized carbons (Fsp3) is 0.111. The van der Waals surface area contributed by atoms with E-state index in [1.165, 1.54) is 0 Å². The second-order valence-electron chi connectivity index (χ2n) is 4.99. The lowest BCUT2D eigenvalue weighted by Gasteiger charge is -2.07. The Morgan fingerprint density at radius 2 is 1.91 bits per heavy atom. The number of hydrogen-bond donors (Lipinski definition) is 1. The van der Waals surface area contributed by atoms with E-state index in [-0.39, 0.29) is 0 Å². The predicted octanol–water partition coefficient (Wildman–Crippen LogP) is 4.00. The summed E-state index contributed by atoms with van der Waals surface area (Å²) < 4.78 is 5.25. The number of rotatable bonds is 4. The van der Waals surface area contributed by atoms with Crippen LogP contribution in [0.2, 0.25) is 0 Å². The predicted molar refractivity (Wildman–Crippen MR) is 90.7 cm³/mol. The van der Waals surface area contributed by atoms with Crippen LogP contribution < -0.4 is 10.2 Å². The standard InChI is InChI=1S/C18H17N3O/c1-13-10-18(21-19-12-14-6-4-3-5-7-14)20-17-11-15(22-2)8-9-16(13)17/h3-12H,1-2H3,(H,20,21)/b19-12-. The van der Waals surface area contributed by atoms with Crippen LogP contribution in [0.4, 0.5) is 5.82 Å². The first kappa shape index (κ1) is 14.1. The number of methoxy groups -OCH3 is 1. The number of hydrogen-bond acceptors (Lipinski definition) is 4. The van der Waals surface area contributed by atoms with Crippen LogP contribution in [-0.2, 0) is 0 Å². The molecule has 0 radical (unpaired) electrons. The lowest BCUT2D eigenvalue weighted by atomic mass is 10.1. The molecule has 0 fully saturated rings. The van der Waals surface area contributed by atoms with E-state index in [0.29, 0.717) is 5.82 Å². The SMILES string of the molecule is COc1ccc2c(C)cc(N/N=C\c3ccccc3)nc2c1. The highest BCUT2D eigenvalue weighted by Crippen LogP contribution is 2.24. The summed E-state index contributed by atoms with van der Waals surface area (Å²) in [5, 5.41) is 5.34. The van der Waals surface area contributed by atoms with Crippen LogP contribution in [0.1, 0.15) is 11.1 Å². The number of anilines is 1. The summed E-state index contributed by atoms with van der Waals surface area (Å²) >= 11 is 0. The Bertz CT molecular complexity index is 813. The molecule has 110 valence electrons. The van der Waals surface area contributed by atoms with E-state index in [1.807, 2.05) is 54.6 Å². The Hall–Kier alpha value is -2.88. The number of aryl methyl sites for hydroxylation is 1. The summed E-state index contributed by atoms with van der Waals surface area (Å²) in [5.74, 6) is 1.51. The van der Waals surface area contributed by atoms with E-state index in [9.17, 15) is 0 Å². The van der Waals surface area contributed by atoms with Gasteiger partial charge in [-0.15, -0.1) is 0 Å². The van der Waals surface area contributed by atoms with Crippen LogP contribution in [0.3, 0.4) is 0 Å². The molecule has 1 heterocycles. The first-order valence-electron chi connectivity index (χ1n) is 7.06. The number of benzene rings is 2. The summed E-state index contributed by atoms with van der Waals surface area (Å²) in [6.07, 6.45) is 1.77. The smallest absolute Gasteiger partial charge is 0.147 e. The number of nitrogens with one attached hydrogen (secondary N) is 1. The summed E-state index contributed by atoms with van der Waals surface area (Å²) in [4.78, 5) is 4.57. The van der Waals surface area contributed by atoms with E-state index >= 15 is 0 Å². The Kier molecular flexibility index (Phi) is 4.01. The Labute approximate surface area is 129 Å². The van der Waals surface area contributed by atoms with E-state index in [1.54, 1.807) is 13.3 Å². The van der Waals surface area contributed by atoms with Gasteiger partial charge in [0.2, 0.25) is 0 Å². The minimum atomic E-state index is 0.713. The maximum absolute atomic E-state index is 5.25. The Morgan fingerprint density at radius 3 is 2.68 bits per heavy atom. The molecule has 0 unspecified atom stereocenters. The van der Waals surface area contributed by atoms with Gasteiger partial charge in [-0.05, 0) is 36.2 Å². The zero-order valence-corrected chi connectivity index (χ0v) is 12.6. The van der Waals surface area contributed by atoms with Crippen molar-refractivity contribution in [1.29, 1.82) is 0 Å². The molecule has 0 aliphatic carbocycles. The molecule has 0 atom stereocenters. The second-order valence-corrected chi connectivity index (χ2v) is 4.99. The summed E-state index contributed by atoms with van der Waals surface area (Å²) in [6.45, 7) is 2.06. The van der Waals surface area contributed by atoms with Gasteiger partial charge in [-0.1, -0.05) is 30.3 Å². The molecule has 22 heavy (non-hydrogen) atoms. The van der Waals surface area contributed by atoms with E-state index < -0.39 is 0 Å². The van der Waals surface area contributed by atoms with Crippen LogP contribution in [0, 0.1) is 6.92 Å². The van der Waals surface area contributed by atoms with Crippen LogP contribution in [0.5, 0.6) is 5.75 Å². The van der Waals surface area contributed by atoms with Gasteiger partial charge in [0.05, 0.1) is 18.8 Å². The van der Waals surface area contributed by atoms with Crippen molar-refractivity contribution in [2.75, 3.05) is 12.5 Å². The average molecular weight is 291 g/mol. The van der Waals surface area contributed by atoms with Gasteiger partial charge in [0.25, 0.3) is 0 Å². The molecule has 0 aliphatic rings. The molecule has 1 N–H and O–H groups in total. The zero-order valence-electron chi connectivity index (χ0n) is 12.6. The number of nitrogens with zero attached hydrogens (tertiary/aromatic N) is 2. The highest BCUT2D eigenvalue weighted by atomic mass is 16.5. The van der Waals surface area contributed by atoms with Crippen molar-refractivity contribution >= 4 is 22.9 Å². The fourth-order valence-electron chi connectivity index (χ4n) is 2.28. The largest absolute Gasteiger partial charge is 0.497 e. The molecule has 1 aromatic heterocycles. The lowest BCUT2D eigenvalue weighted by Crippen LogP contribution is -1.96. The highest BCUT2D eigenvalue weighted by molar-refractivity contribution is 5.85. The molecular formula is C18H17N3O. The van der Waals surface area contributed by atoms with Gasteiger partial charge in [0, 0.05) is 11.5 Å². The molecule has 0 amide bonds. The minimum absolute atomic E-state index is 0.713. The number of pyridine rings is 1. The maximum Gasteiger partial charge on any atom is 0.147 e. The van der Waals surface area contributed by atoms with Gasteiger partial charge in [0.1, 0.15) is 11.6 Å². The summed E-state index contributed by atoms with van der Waals surface area (Å²) in [5.41, 5.74) is 6.05. The molecule has 0 aliphatic heterocycles. The molecule has 4 nitrogen and oxygen atoms in total. The van der Waals surface area contributed by atoms with Gasteiger partial charge in [-0.2, -0.15) is 5.10 Å². The molecule has 2 aromatic carbocycles. The number of aromatic nitrogens is 1. The normalized spacial score (nSPS) is 11.0. The quantitative estimate of drug-likeness (QED) is 0.584. The van der Waals surface area contributed by atoms with Crippen molar-refractivity contribution in [2.45, 2.75) is 6.92 Å². The number of hydrazone groups is 1. The van der Waals surface area contributed by atoms with Crippen molar-refractivity contribution in [3.05, 3.63) is 65.7 Å². The van der Waals surface area contributed by atoms with Gasteiger partial charge in [-0.3, -0.25) is 5.43 Å². The topological polar surface area (TPSA) is 46.5 Å². The summed E-state index contributed by atoms with van der Waals surface area (Å²) in [6, 6.07) is 17.8. The van der Waals surface area contributed by atoms with Crippen LogP contribution in [-0.4, -0.2) is 18.3 Å². The van der Waals surface area contributed by atoms with Crippen molar-refractivity contribution in [1.82, 2.24) is 4.98 Å². The summed E-state index contributed by atoms with van der Waals surface area (Å²) in [7, 11) is 1.65. The highest BCUT2D eigenvalue weighted by Gasteiger charge is 2.03. The molecule has 0 spiro atoms. The molecule has 0 saturated heterocycles. The van der Waals surface area contributed by atoms with E-state index in [0.717, 1.165) is 27.8 Å². The van der Waals surface area contributed by atoms with Gasteiger partial charge in [0.15, 0.2) is 0 Å². The van der Waals surface area contributed by atoms with Gasteiger partial charge >= 0.3 is 0 Å². The first-order valence-corrected chi connectivity index (χ1v) is 7.06. The van der Waals surface area contributed by atoms with Gasteiger partial charge < -0.3 is 4.74 Å². The van der Waals surface area contributed by atoms with Crippen molar-refractivity contribution in [2.24, 2.45) is 5.10 Å². The van der Waals surface area contributed by atoms with Crippen molar-refractivity contribution in [3.63, 3.8) is 0 Å². The maximum atomic E-state index is 5.25. The van der Waals surface area contributed by atoms with Crippen LogP contribution >= 0.6 is 0 Å². The third-order valence-electron chi connectivity index (χ3n) is 3.42. The second kappa shape index (κ2) is 6.26. The van der Waals surface area contributed by atoms with Crippen molar-refractivity contribution in [3.8, 4) is 5.75 Å². The molecule has 4 heteroatoms. The van der Waals surface area contributed by atoms with Crippen LogP contribution in [0.25, 0.3) is 10.9 Å². The first-order chi connectivity index (χ1) is 10.8. The Morgan fingerprint density at radius 1 is 1.09 bits per heavy atom. The number of ether oxygens (including phenoxy) is 1. The molecule has 3 rings (SSSR count). The van der Waals surface area contributed by atoms with Crippen LogP contribution in [0.15, 0.2) is 59.7 Å². The fourth-order valence-corrected chi connectivity index (χ4v) is 2.28. The monoisotopic (exact) mass is 291 g/mol. The Balaban J connectivity index is 1.86.